The van der Waals surface area contributed by atoms with Crippen molar-refractivity contribution < 1.29 is 0 Å². The fraction of sp³-hybridized carbons (Fsp3) is 0.600. The third kappa shape index (κ3) is 2.11. The highest BCUT2D eigenvalue weighted by atomic mass is 15.2. The molecule has 0 aliphatic carbocycles. The van der Waals surface area contributed by atoms with Crippen LogP contribution in [0.2, 0.25) is 0 Å². The first-order chi connectivity index (χ1) is 5.24. The maximum absolute atomic E-state index is 4.01. The highest BCUT2D eigenvalue weighted by Gasteiger charge is 2.13. The lowest BCUT2D eigenvalue weighted by Crippen LogP contribution is -2.35. The van der Waals surface area contributed by atoms with E-state index in [1.165, 1.54) is 30.8 Å². The van der Waals surface area contributed by atoms with Gasteiger partial charge in [-0.1, -0.05) is 19.1 Å². The molecule has 0 bridgehead atoms. The van der Waals surface area contributed by atoms with Gasteiger partial charge in [0.25, 0.3) is 0 Å². The number of hydrogen-bond acceptors (Lipinski definition) is 1. The van der Waals surface area contributed by atoms with Crippen molar-refractivity contribution in [1.82, 2.24) is 4.90 Å². The van der Waals surface area contributed by atoms with E-state index < -0.39 is 0 Å². The van der Waals surface area contributed by atoms with Crippen LogP contribution in [0.4, 0.5) is 0 Å². The largest absolute Gasteiger partial charge is 0.372 e. The molecule has 1 nitrogen and oxygen atoms in total. The summed E-state index contributed by atoms with van der Waals surface area (Å²) >= 11 is 0. The van der Waals surface area contributed by atoms with Crippen LogP contribution in [0.1, 0.15) is 26.7 Å². The molecule has 0 unspecified atom stereocenters. The molecule has 1 heterocycles. The molecule has 1 heteroatoms. The van der Waals surface area contributed by atoms with Gasteiger partial charge in [-0.3, -0.25) is 0 Å². The van der Waals surface area contributed by atoms with E-state index in [0.29, 0.717) is 0 Å². The van der Waals surface area contributed by atoms with Crippen molar-refractivity contribution in [3.63, 3.8) is 0 Å². The van der Waals surface area contributed by atoms with Crippen LogP contribution in [-0.4, -0.2) is 18.0 Å². The van der Waals surface area contributed by atoms with E-state index in [-0.39, 0.29) is 0 Å². The van der Waals surface area contributed by atoms with Crippen LogP contribution < -0.4 is 0 Å². The standard InChI is InChI=1S/C10H17N/c1-4-9(2)8-10(3)11-6-5-7-11/h8H,3-7H2,1-2H3/b9-8-. The fourth-order valence-corrected chi connectivity index (χ4v) is 1.08. The predicted molar refractivity (Wildman–Crippen MR) is 49.4 cm³/mol. The highest BCUT2D eigenvalue weighted by molar-refractivity contribution is 5.19. The van der Waals surface area contributed by atoms with E-state index >= 15 is 0 Å². The second-order valence-electron chi connectivity index (χ2n) is 3.18. The Bertz CT molecular complexity index is 175. The summed E-state index contributed by atoms with van der Waals surface area (Å²) in [5.74, 6) is 0. The summed E-state index contributed by atoms with van der Waals surface area (Å²) < 4.78 is 0. The Balaban J connectivity index is 2.41. The van der Waals surface area contributed by atoms with Crippen molar-refractivity contribution in [2.24, 2.45) is 0 Å². The second kappa shape index (κ2) is 3.61. The number of likely N-dealkylation sites (tertiary alicyclic amines) is 1. The molecule has 0 radical (unpaired) electrons. The molecule has 1 aliphatic rings. The molecular weight excluding hydrogens is 134 g/mol. The Kier molecular flexibility index (Phi) is 2.75. The lowest BCUT2D eigenvalue weighted by atomic mass is 10.1. The number of hydrogen-bond donors (Lipinski definition) is 0. The first kappa shape index (κ1) is 8.38. The van der Waals surface area contributed by atoms with Gasteiger partial charge in [0.05, 0.1) is 0 Å². The molecule has 1 fully saturated rings. The Morgan fingerprint density at radius 3 is 2.55 bits per heavy atom. The first-order valence-electron chi connectivity index (χ1n) is 4.35. The average molecular weight is 151 g/mol. The maximum Gasteiger partial charge on any atom is 0.0292 e. The topological polar surface area (TPSA) is 3.24 Å². The van der Waals surface area contributed by atoms with Gasteiger partial charge in [-0.15, -0.1) is 0 Å². The molecular formula is C10H17N. The minimum atomic E-state index is 1.13. The van der Waals surface area contributed by atoms with Gasteiger partial charge in [-0.25, -0.2) is 0 Å². The van der Waals surface area contributed by atoms with Crippen LogP contribution in [0, 0.1) is 0 Å². The first-order valence-corrected chi connectivity index (χ1v) is 4.35. The van der Waals surface area contributed by atoms with Gasteiger partial charge >= 0.3 is 0 Å². The summed E-state index contributed by atoms with van der Waals surface area (Å²) in [6, 6.07) is 0. The molecule has 0 N–H and O–H groups in total. The van der Waals surface area contributed by atoms with Gasteiger partial charge in [0.1, 0.15) is 0 Å². The number of allylic oxidation sites excluding steroid dienone is 2. The van der Waals surface area contributed by atoms with Gasteiger partial charge in [0, 0.05) is 18.8 Å². The van der Waals surface area contributed by atoms with Crippen molar-refractivity contribution in [3.8, 4) is 0 Å². The minimum absolute atomic E-state index is 1.13. The fourth-order valence-electron chi connectivity index (χ4n) is 1.08. The summed E-state index contributed by atoms with van der Waals surface area (Å²) in [5, 5.41) is 0. The van der Waals surface area contributed by atoms with Crippen LogP contribution in [0.25, 0.3) is 0 Å². The van der Waals surface area contributed by atoms with E-state index in [4.69, 9.17) is 0 Å². The molecule has 0 aromatic rings. The van der Waals surface area contributed by atoms with Crippen molar-refractivity contribution in [1.29, 1.82) is 0 Å². The Labute approximate surface area is 69.4 Å². The molecule has 62 valence electrons. The van der Waals surface area contributed by atoms with Crippen LogP contribution in [0.15, 0.2) is 23.9 Å². The summed E-state index contributed by atoms with van der Waals surface area (Å²) in [6.45, 7) is 10.7. The Hall–Kier alpha value is -0.720. The molecule has 0 saturated carbocycles. The van der Waals surface area contributed by atoms with Gasteiger partial charge in [-0.2, -0.15) is 0 Å². The summed E-state index contributed by atoms with van der Waals surface area (Å²) in [6.07, 6.45) is 4.66. The third-order valence-corrected chi connectivity index (χ3v) is 2.23. The zero-order valence-electron chi connectivity index (χ0n) is 7.56. The number of nitrogens with zero attached hydrogens (tertiary/aromatic N) is 1. The second-order valence-corrected chi connectivity index (χ2v) is 3.18. The van der Waals surface area contributed by atoms with Crippen LogP contribution in [0.5, 0.6) is 0 Å². The van der Waals surface area contributed by atoms with Crippen molar-refractivity contribution in [3.05, 3.63) is 23.9 Å². The molecule has 1 saturated heterocycles. The van der Waals surface area contributed by atoms with Crippen LogP contribution in [-0.2, 0) is 0 Å². The average Bonchev–Trinajstić information content (AvgIpc) is 1.83. The normalized spacial score (nSPS) is 18.0. The van der Waals surface area contributed by atoms with Crippen molar-refractivity contribution in [2.75, 3.05) is 13.1 Å². The summed E-state index contributed by atoms with van der Waals surface area (Å²) in [4.78, 5) is 2.32. The lowest BCUT2D eigenvalue weighted by molar-refractivity contribution is 0.247. The molecule has 0 atom stereocenters. The lowest BCUT2D eigenvalue weighted by Gasteiger charge is -2.33. The van der Waals surface area contributed by atoms with Gasteiger partial charge in [0.2, 0.25) is 0 Å². The molecule has 0 spiro atoms. The van der Waals surface area contributed by atoms with E-state index in [1.54, 1.807) is 0 Å². The molecule has 0 aromatic heterocycles. The van der Waals surface area contributed by atoms with Crippen LogP contribution in [0.3, 0.4) is 0 Å². The molecule has 11 heavy (non-hydrogen) atoms. The van der Waals surface area contributed by atoms with Gasteiger partial charge in [-0.05, 0) is 25.8 Å². The quantitative estimate of drug-likeness (QED) is 0.560. The van der Waals surface area contributed by atoms with E-state index in [2.05, 4.69) is 31.4 Å². The van der Waals surface area contributed by atoms with Crippen LogP contribution >= 0.6 is 0 Å². The Morgan fingerprint density at radius 2 is 2.18 bits per heavy atom. The molecule has 0 amide bonds. The third-order valence-electron chi connectivity index (χ3n) is 2.23. The zero-order valence-corrected chi connectivity index (χ0v) is 7.56. The van der Waals surface area contributed by atoms with E-state index in [1.807, 2.05) is 0 Å². The smallest absolute Gasteiger partial charge is 0.0292 e. The monoisotopic (exact) mass is 151 g/mol. The maximum atomic E-state index is 4.01. The highest BCUT2D eigenvalue weighted by Crippen LogP contribution is 2.15. The minimum Gasteiger partial charge on any atom is -0.372 e. The van der Waals surface area contributed by atoms with Crippen molar-refractivity contribution >= 4 is 0 Å². The van der Waals surface area contributed by atoms with E-state index in [0.717, 1.165) is 6.42 Å². The molecule has 1 rings (SSSR count). The zero-order chi connectivity index (χ0) is 8.27. The predicted octanol–water partition coefficient (Wildman–Crippen LogP) is 2.56. The summed E-state index contributed by atoms with van der Waals surface area (Å²) in [5.41, 5.74) is 2.61. The number of rotatable bonds is 3. The molecule has 1 aliphatic heterocycles. The SMILES string of the molecule is C=C(/C=C(/C)CC)N1CCC1. The molecule has 0 aromatic carbocycles. The summed E-state index contributed by atoms with van der Waals surface area (Å²) in [7, 11) is 0. The van der Waals surface area contributed by atoms with Crippen molar-refractivity contribution in [2.45, 2.75) is 26.7 Å². The van der Waals surface area contributed by atoms with Gasteiger partial charge in [0.15, 0.2) is 0 Å². The van der Waals surface area contributed by atoms with E-state index in [9.17, 15) is 0 Å². The van der Waals surface area contributed by atoms with Gasteiger partial charge < -0.3 is 4.90 Å². The Morgan fingerprint density at radius 1 is 1.55 bits per heavy atom.